The highest BCUT2D eigenvalue weighted by Gasteiger charge is 2.09. The zero-order valence-corrected chi connectivity index (χ0v) is 7.26. The van der Waals surface area contributed by atoms with Crippen LogP contribution in [0.25, 0.3) is 0 Å². The lowest BCUT2D eigenvalue weighted by atomic mass is 10.2. The van der Waals surface area contributed by atoms with E-state index in [0.29, 0.717) is 12.5 Å². The van der Waals surface area contributed by atoms with Crippen LogP contribution in [-0.2, 0) is 4.74 Å². The third-order valence-corrected chi connectivity index (χ3v) is 1.60. The van der Waals surface area contributed by atoms with Crippen molar-refractivity contribution in [3.8, 4) is 0 Å². The van der Waals surface area contributed by atoms with Crippen molar-refractivity contribution in [1.82, 2.24) is 5.32 Å². The Balaban J connectivity index is 2.91. The fourth-order valence-electron chi connectivity index (χ4n) is 0.993. The van der Waals surface area contributed by atoms with Crippen molar-refractivity contribution in [2.45, 2.75) is 6.92 Å². The third kappa shape index (κ3) is 1.78. The zero-order valence-electron chi connectivity index (χ0n) is 7.26. The van der Waals surface area contributed by atoms with Crippen molar-refractivity contribution in [1.29, 1.82) is 0 Å². The van der Waals surface area contributed by atoms with Crippen LogP contribution in [0.15, 0.2) is 48.5 Å². The lowest BCUT2D eigenvalue weighted by Gasteiger charge is -2.20. The predicted molar refractivity (Wildman–Crippen MR) is 50.3 cm³/mol. The number of hydrogen-bond acceptors (Lipinski definition) is 2. The Kier molecular flexibility index (Phi) is 2.75. The molecule has 0 amide bonds. The highest BCUT2D eigenvalue weighted by atomic mass is 16.5. The second-order valence-electron chi connectivity index (χ2n) is 2.48. The summed E-state index contributed by atoms with van der Waals surface area (Å²) in [7, 11) is 0. The molecule has 0 saturated carbocycles. The average molecular weight is 163 g/mol. The summed E-state index contributed by atoms with van der Waals surface area (Å²) in [6.07, 6.45) is 5.73. The molecule has 0 saturated heterocycles. The Bertz CT molecular complexity index is 261. The van der Waals surface area contributed by atoms with E-state index in [1.54, 1.807) is 6.08 Å². The zero-order chi connectivity index (χ0) is 8.97. The van der Waals surface area contributed by atoms with Crippen LogP contribution in [-0.4, -0.2) is 6.61 Å². The predicted octanol–water partition coefficient (Wildman–Crippen LogP) is 2.09. The number of nitrogens with one attached hydrogen (secondary N) is 1. The quantitative estimate of drug-likeness (QED) is 0.673. The molecule has 0 atom stereocenters. The Morgan fingerprint density at radius 3 is 2.92 bits per heavy atom. The minimum Gasteiger partial charge on any atom is -0.475 e. The van der Waals surface area contributed by atoms with E-state index in [2.05, 4.69) is 18.5 Å². The van der Waals surface area contributed by atoms with Gasteiger partial charge in [0.05, 0.1) is 0 Å². The molecule has 1 rings (SSSR count). The van der Waals surface area contributed by atoms with Crippen LogP contribution in [0.5, 0.6) is 0 Å². The van der Waals surface area contributed by atoms with Gasteiger partial charge in [-0.3, -0.25) is 0 Å². The summed E-state index contributed by atoms with van der Waals surface area (Å²) < 4.78 is 5.19. The smallest absolute Gasteiger partial charge is 0.184 e. The van der Waals surface area contributed by atoms with Crippen LogP contribution in [0, 0.1) is 0 Å². The maximum absolute atomic E-state index is 5.19. The van der Waals surface area contributed by atoms with E-state index >= 15 is 0 Å². The van der Waals surface area contributed by atoms with Gasteiger partial charge in [-0.2, -0.15) is 0 Å². The normalized spacial score (nSPS) is 17.6. The summed E-state index contributed by atoms with van der Waals surface area (Å²) in [5, 5.41) is 3.02. The van der Waals surface area contributed by atoms with Gasteiger partial charge in [0.15, 0.2) is 5.88 Å². The molecule has 0 radical (unpaired) electrons. The first kappa shape index (κ1) is 8.65. The Morgan fingerprint density at radius 2 is 2.33 bits per heavy atom. The average Bonchev–Trinajstić information content (AvgIpc) is 2.05. The SMILES string of the molecule is C=CC1=C(/C=C\C)NC(=C)OC1. The Hall–Kier alpha value is -1.44. The molecule has 0 bridgehead atoms. The lowest BCUT2D eigenvalue weighted by Crippen LogP contribution is -2.22. The van der Waals surface area contributed by atoms with Crippen LogP contribution in [0.1, 0.15) is 6.92 Å². The molecule has 0 aliphatic carbocycles. The van der Waals surface area contributed by atoms with Gasteiger partial charge in [-0.05, 0) is 19.6 Å². The molecular formula is C10H13NO. The Labute approximate surface area is 72.9 Å². The summed E-state index contributed by atoms with van der Waals surface area (Å²) in [6.45, 7) is 9.90. The van der Waals surface area contributed by atoms with E-state index in [4.69, 9.17) is 4.74 Å². The van der Waals surface area contributed by atoms with Crippen LogP contribution in [0.4, 0.5) is 0 Å². The summed E-state index contributed by atoms with van der Waals surface area (Å²) in [5.74, 6) is 0.591. The van der Waals surface area contributed by atoms with E-state index in [9.17, 15) is 0 Å². The molecule has 12 heavy (non-hydrogen) atoms. The van der Waals surface area contributed by atoms with Gasteiger partial charge in [-0.1, -0.05) is 18.7 Å². The molecule has 0 aromatic rings. The van der Waals surface area contributed by atoms with Gasteiger partial charge >= 0.3 is 0 Å². The maximum atomic E-state index is 5.19. The first-order chi connectivity index (χ1) is 5.77. The van der Waals surface area contributed by atoms with Crippen molar-refractivity contribution in [2.75, 3.05) is 6.61 Å². The number of ether oxygens (including phenoxy) is 1. The minimum atomic E-state index is 0.551. The highest BCUT2D eigenvalue weighted by molar-refractivity contribution is 5.34. The summed E-state index contributed by atoms with van der Waals surface area (Å²) >= 11 is 0. The summed E-state index contributed by atoms with van der Waals surface area (Å²) in [5.41, 5.74) is 2.07. The molecule has 2 heteroatoms. The standard InChI is InChI=1S/C10H13NO/c1-4-6-10-9(5-2)7-12-8(3)11-10/h4-6,11H,2-3,7H2,1H3/b6-4-. The molecule has 0 unspecified atom stereocenters. The van der Waals surface area contributed by atoms with E-state index in [-0.39, 0.29) is 0 Å². The fourth-order valence-corrected chi connectivity index (χ4v) is 0.993. The minimum absolute atomic E-state index is 0.551. The van der Waals surface area contributed by atoms with Crippen LogP contribution in [0.3, 0.4) is 0 Å². The molecule has 1 aliphatic heterocycles. The summed E-state index contributed by atoms with van der Waals surface area (Å²) in [4.78, 5) is 0. The molecular weight excluding hydrogens is 150 g/mol. The molecule has 1 N–H and O–H groups in total. The maximum Gasteiger partial charge on any atom is 0.184 e. The topological polar surface area (TPSA) is 21.3 Å². The molecule has 0 aromatic carbocycles. The molecule has 64 valence electrons. The van der Waals surface area contributed by atoms with Crippen LogP contribution >= 0.6 is 0 Å². The van der Waals surface area contributed by atoms with Crippen LogP contribution in [0.2, 0.25) is 0 Å². The van der Waals surface area contributed by atoms with Gasteiger partial charge in [0.25, 0.3) is 0 Å². The highest BCUT2D eigenvalue weighted by Crippen LogP contribution is 2.13. The van der Waals surface area contributed by atoms with Gasteiger partial charge < -0.3 is 10.1 Å². The number of allylic oxidation sites excluding steroid dienone is 2. The van der Waals surface area contributed by atoms with E-state index in [0.717, 1.165) is 11.3 Å². The number of rotatable bonds is 2. The molecule has 1 heterocycles. The monoisotopic (exact) mass is 163 g/mol. The second-order valence-corrected chi connectivity index (χ2v) is 2.48. The molecule has 0 aromatic heterocycles. The van der Waals surface area contributed by atoms with E-state index in [1.165, 1.54) is 0 Å². The van der Waals surface area contributed by atoms with E-state index < -0.39 is 0 Å². The third-order valence-electron chi connectivity index (χ3n) is 1.60. The van der Waals surface area contributed by atoms with Crippen molar-refractivity contribution >= 4 is 0 Å². The van der Waals surface area contributed by atoms with E-state index in [1.807, 2.05) is 19.1 Å². The van der Waals surface area contributed by atoms with Gasteiger partial charge in [0, 0.05) is 11.3 Å². The summed E-state index contributed by atoms with van der Waals surface area (Å²) in [6, 6.07) is 0. The molecule has 0 fully saturated rings. The first-order valence-electron chi connectivity index (χ1n) is 3.85. The first-order valence-corrected chi connectivity index (χ1v) is 3.85. The molecule has 1 aliphatic rings. The van der Waals surface area contributed by atoms with Gasteiger partial charge in [-0.15, -0.1) is 0 Å². The lowest BCUT2D eigenvalue weighted by molar-refractivity contribution is 0.212. The largest absolute Gasteiger partial charge is 0.475 e. The second kappa shape index (κ2) is 3.81. The van der Waals surface area contributed by atoms with Gasteiger partial charge in [0.2, 0.25) is 0 Å². The van der Waals surface area contributed by atoms with Crippen molar-refractivity contribution in [2.24, 2.45) is 0 Å². The molecule has 2 nitrogen and oxygen atoms in total. The fraction of sp³-hybridized carbons (Fsp3) is 0.200. The van der Waals surface area contributed by atoms with Crippen LogP contribution < -0.4 is 5.32 Å². The van der Waals surface area contributed by atoms with Crippen molar-refractivity contribution < 1.29 is 4.74 Å². The van der Waals surface area contributed by atoms with Gasteiger partial charge in [0.1, 0.15) is 6.61 Å². The number of hydrogen-bond donors (Lipinski definition) is 1. The van der Waals surface area contributed by atoms with Crippen molar-refractivity contribution in [3.05, 3.63) is 48.5 Å². The Morgan fingerprint density at radius 1 is 1.58 bits per heavy atom. The molecule has 0 spiro atoms. The van der Waals surface area contributed by atoms with Gasteiger partial charge in [-0.25, -0.2) is 0 Å². The van der Waals surface area contributed by atoms with Crippen molar-refractivity contribution in [3.63, 3.8) is 0 Å².